The summed E-state index contributed by atoms with van der Waals surface area (Å²) in [6.07, 6.45) is 3.33. The minimum Gasteiger partial charge on any atom is -0.465 e. The van der Waals surface area contributed by atoms with Crippen molar-refractivity contribution in [1.29, 1.82) is 10.5 Å². The maximum atomic E-state index is 11.2. The Hall–Kier alpha value is -1.75. The fourth-order valence-electron chi connectivity index (χ4n) is 1.05. The number of rotatable bonds is 7. The maximum absolute atomic E-state index is 11.2. The molecular formula is C10H14N2O3. The highest BCUT2D eigenvalue weighted by molar-refractivity contribution is 5.75. The molecule has 0 aromatic heterocycles. The van der Waals surface area contributed by atoms with E-state index in [1.54, 1.807) is 13.2 Å². The number of carbonyl (C=O) groups excluding carboxylic acids is 1. The third-order valence-electron chi connectivity index (χ3n) is 1.78. The van der Waals surface area contributed by atoms with Gasteiger partial charge in [-0.15, -0.1) is 0 Å². The molecule has 0 aromatic rings. The normalized spacial score (nSPS) is 10.9. The van der Waals surface area contributed by atoms with Crippen LogP contribution in [0.5, 0.6) is 0 Å². The first kappa shape index (κ1) is 13.2. The second-order valence-corrected chi connectivity index (χ2v) is 2.87. The lowest BCUT2D eigenvalue weighted by Gasteiger charge is -2.07. The van der Waals surface area contributed by atoms with Crippen LogP contribution in [0, 0.1) is 28.8 Å². The van der Waals surface area contributed by atoms with Crippen LogP contribution in [-0.4, -0.2) is 19.2 Å². The van der Waals surface area contributed by atoms with Gasteiger partial charge in [0, 0.05) is 0 Å². The maximum Gasteiger partial charge on any atom is 0.323 e. The van der Waals surface area contributed by atoms with Gasteiger partial charge in [-0.05, 0) is 26.2 Å². The summed E-state index contributed by atoms with van der Waals surface area (Å²) >= 11 is 0. The molecule has 0 bridgehead atoms. The standard InChI is InChI=1S/C10H14N2O3/c1-2-15-10(13)9(7-11)5-3-4-6-14-8-12/h9H,2-6H2,1H3. The molecule has 0 aliphatic carbocycles. The molecule has 5 nitrogen and oxygen atoms in total. The van der Waals surface area contributed by atoms with Crippen molar-refractivity contribution < 1.29 is 14.3 Å². The fraction of sp³-hybridized carbons (Fsp3) is 0.700. The van der Waals surface area contributed by atoms with Crippen molar-refractivity contribution in [2.75, 3.05) is 13.2 Å². The van der Waals surface area contributed by atoms with E-state index in [1.807, 2.05) is 6.07 Å². The number of esters is 1. The van der Waals surface area contributed by atoms with Crippen LogP contribution >= 0.6 is 0 Å². The summed E-state index contributed by atoms with van der Waals surface area (Å²) in [4.78, 5) is 11.2. The first-order valence-corrected chi connectivity index (χ1v) is 4.83. The zero-order chi connectivity index (χ0) is 11.5. The zero-order valence-corrected chi connectivity index (χ0v) is 8.73. The van der Waals surface area contributed by atoms with Crippen LogP contribution in [0.1, 0.15) is 26.2 Å². The van der Waals surface area contributed by atoms with Crippen LogP contribution in [0.15, 0.2) is 0 Å². The first-order valence-electron chi connectivity index (χ1n) is 4.83. The van der Waals surface area contributed by atoms with E-state index in [4.69, 9.17) is 15.3 Å². The minimum atomic E-state index is -0.702. The van der Waals surface area contributed by atoms with Crippen molar-refractivity contribution in [3.8, 4) is 12.3 Å². The summed E-state index contributed by atoms with van der Waals surface area (Å²) in [5.41, 5.74) is 0. The Bertz CT molecular complexity index is 265. The molecule has 0 aliphatic rings. The predicted octanol–water partition coefficient (Wildman–Crippen LogP) is 1.36. The summed E-state index contributed by atoms with van der Waals surface area (Å²) < 4.78 is 9.19. The summed E-state index contributed by atoms with van der Waals surface area (Å²) in [7, 11) is 0. The van der Waals surface area contributed by atoms with Gasteiger partial charge in [-0.1, -0.05) is 0 Å². The van der Waals surface area contributed by atoms with Crippen molar-refractivity contribution in [2.45, 2.75) is 26.2 Å². The number of nitriles is 2. The molecule has 5 heteroatoms. The number of hydrogen-bond acceptors (Lipinski definition) is 5. The van der Waals surface area contributed by atoms with Gasteiger partial charge in [0.25, 0.3) is 6.26 Å². The molecule has 15 heavy (non-hydrogen) atoms. The van der Waals surface area contributed by atoms with Crippen molar-refractivity contribution in [1.82, 2.24) is 0 Å². The molecule has 0 radical (unpaired) electrons. The molecule has 0 N–H and O–H groups in total. The number of ether oxygens (including phenoxy) is 2. The second-order valence-electron chi connectivity index (χ2n) is 2.87. The highest BCUT2D eigenvalue weighted by Gasteiger charge is 2.18. The lowest BCUT2D eigenvalue weighted by atomic mass is 10.0. The van der Waals surface area contributed by atoms with Gasteiger partial charge >= 0.3 is 5.97 Å². The van der Waals surface area contributed by atoms with Crippen LogP contribution in [0.3, 0.4) is 0 Å². The molecule has 1 unspecified atom stereocenters. The van der Waals surface area contributed by atoms with Crippen molar-refractivity contribution in [2.24, 2.45) is 5.92 Å². The molecule has 0 rings (SSSR count). The highest BCUT2D eigenvalue weighted by atomic mass is 16.5. The third-order valence-corrected chi connectivity index (χ3v) is 1.78. The van der Waals surface area contributed by atoms with Gasteiger partial charge < -0.3 is 9.47 Å². The largest absolute Gasteiger partial charge is 0.465 e. The molecule has 82 valence electrons. The molecule has 0 aromatic carbocycles. The van der Waals surface area contributed by atoms with E-state index in [1.165, 1.54) is 0 Å². The monoisotopic (exact) mass is 210 g/mol. The Morgan fingerprint density at radius 2 is 2.13 bits per heavy atom. The van der Waals surface area contributed by atoms with Gasteiger partial charge in [0.15, 0.2) is 0 Å². The average Bonchev–Trinajstić information content (AvgIpc) is 2.23. The van der Waals surface area contributed by atoms with Crippen LogP contribution in [0.2, 0.25) is 0 Å². The Morgan fingerprint density at radius 3 is 2.67 bits per heavy atom. The smallest absolute Gasteiger partial charge is 0.323 e. The molecule has 0 saturated carbocycles. The molecule has 0 amide bonds. The molecule has 0 fully saturated rings. The SMILES string of the molecule is CCOC(=O)C(C#N)CCCCOC#N. The van der Waals surface area contributed by atoms with E-state index in [9.17, 15) is 4.79 Å². The van der Waals surface area contributed by atoms with Crippen molar-refractivity contribution in [3.05, 3.63) is 0 Å². The van der Waals surface area contributed by atoms with Gasteiger partial charge in [-0.2, -0.15) is 10.5 Å². The van der Waals surface area contributed by atoms with Gasteiger partial charge in [0.2, 0.25) is 0 Å². The van der Waals surface area contributed by atoms with Crippen molar-refractivity contribution in [3.63, 3.8) is 0 Å². The summed E-state index contributed by atoms with van der Waals surface area (Å²) in [5.74, 6) is -1.17. The average molecular weight is 210 g/mol. The van der Waals surface area contributed by atoms with E-state index < -0.39 is 11.9 Å². The lowest BCUT2D eigenvalue weighted by Crippen LogP contribution is -2.16. The van der Waals surface area contributed by atoms with E-state index >= 15 is 0 Å². The Kier molecular flexibility index (Phi) is 7.80. The Labute approximate surface area is 89.2 Å². The van der Waals surface area contributed by atoms with Crippen LogP contribution < -0.4 is 0 Å². The van der Waals surface area contributed by atoms with Crippen LogP contribution in [-0.2, 0) is 14.3 Å². The summed E-state index contributed by atoms with van der Waals surface area (Å²) in [6, 6.07) is 1.90. The minimum absolute atomic E-state index is 0.286. The van der Waals surface area contributed by atoms with Crippen LogP contribution in [0.4, 0.5) is 0 Å². The number of unbranched alkanes of at least 4 members (excludes halogenated alkanes) is 1. The van der Waals surface area contributed by atoms with Crippen molar-refractivity contribution >= 4 is 5.97 Å². The summed E-state index contributed by atoms with van der Waals surface area (Å²) in [6.45, 7) is 2.32. The quantitative estimate of drug-likeness (QED) is 0.360. The summed E-state index contributed by atoms with van der Waals surface area (Å²) in [5, 5.41) is 16.8. The van der Waals surface area contributed by atoms with Crippen LogP contribution in [0.25, 0.3) is 0 Å². The predicted molar refractivity (Wildman–Crippen MR) is 51.2 cm³/mol. The number of nitrogens with zero attached hydrogens (tertiary/aromatic N) is 2. The topological polar surface area (TPSA) is 83.1 Å². The Balaban J connectivity index is 3.68. The van der Waals surface area contributed by atoms with E-state index in [2.05, 4.69) is 4.74 Å². The highest BCUT2D eigenvalue weighted by Crippen LogP contribution is 2.09. The Morgan fingerprint density at radius 1 is 1.40 bits per heavy atom. The van der Waals surface area contributed by atoms with Gasteiger partial charge in [-0.25, -0.2) is 0 Å². The first-order chi connectivity index (χ1) is 7.26. The van der Waals surface area contributed by atoms with E-state index in [0.29, 0.717) is 25.9 Å². The molecular weight excluding hydrogens is 196 g/mol. The number of hydrogen-bond donors (Lipinski definition) is 0. The zero-order valence-electron chi connectivity index (χ0n) is 8.73. The molecule has 0 aliphatic heterocycles. The van der Waals surface area contributed by atoms with E-state index in [0.717, 1.165) is 0 Å². The molecule has 0 heterocycles. The van der Waals surface area contributed by atoms with Gasteiger partial charge in [0.05, 0.1) is 12.7 Å². The second kappa shape index (κ2) is 8.83. The molecule has 1 atom stereocenters. The van der Waals surface area contributed by atoms with E-state index in [-0.39, 0.29) is 6.61 Å². The molecule has 0 saturated heterocycles. The molecule has 0 spiro atoms. The number of carbonyl (C=O) groups is 1. The van der Waals surface area contributed by atoms with Gasteiger partial charge in [0.1, 0.15) is 12.5 Å². The third kappa shape index (κ3) is 6.34. The fourth-order valence-corrected chi connectivity index (χ4v) is 1.05. The van der Waals surface area contributed by atoms with Gasteiger partial charge in [-0.3, -0.25) is 4.79 Å². The lowest BCUT2D eigenvalue weighted by molar-refractivity contribution is -0.146.